The first-order chi connectivity index (χ1) is 10.7. The highest BCUT2D eigenvalue weighted by Gasteiger charge is 2.27. The van der Waals surface area contributed by atoms with E-state index in [0.29, 0.717) is 11.4 Å². The Hall–Kier alpha value is -2.09. The Labute approximate surface area is 132 Å². The van der Waals surface area contributed by atoms with Gasteiger partial charge in [0.1, 0.15) is 6.61 Å². The van der Waals surface area contributed by atoms with E-state index in [1.165, 1.54) is 0 Å². The number of hydrogen-bond donors (Lipinski definition) is 2. The van der Waals surface area contributed by atoms with Gasteiger partial charge in [0.05, 0.1) is 13.0 Å². The van der Waals surface area contributed by atoms with Crippen LogP contribution in [0.1, 0.15) is 20.3 Å². The number of rotatable bonds is 7. The highest BCUT2D eigenvalue weighted by molar-refractivity contribution is 5.93. The lowest BCUT2D eigenvalue weighted by molar-refractivity contribution is -0.174. The highest BCUT2D eigenvalue weighted by atomic mass is 19.4. The summed E-state index contributed by atoms with van der Waals surface area (Å²) in [6, 6.07) is 6.42. The van der Waals surface area contributed by atoms with Gasteiger partial charge in [-0.3, -0.25) is 9.59 Å². The standard InChI is InChI=1S/C15H19F3N2O3/c1-10(2)14(22)20-12-5-3-11(4-6-12)19-13(21)7-8-23-9-15(16,17)18/h3-6,10H,7-9H2,1-2H3,(H,19,21)(H,20,22). The molecule has 23 heavy (non-hydrogen) atoms. The zero-order valence-corrected chi connectivity index (χ0v) is 12.9. The molecule has 0 atom stereocenters. The van der Waals surface area contributed by atoms with Crippen LogP contribution in [0.4, 0.5) is 24.5 Å². The third-order valence-corrected chi connectivity index (χ3v) is 2.70. The molecule has 0 heterocycles. The maximum atomic E-state index is 11.8. The molecule has 5 nitrogen and oxygen atoms in total. The van der Waals surface area contributed by atoms with Gasteiger partial charge in [-0.05, 0) is 24.3 Å². The fourth-order valence-corrected chi connectivity index (χ4v) is 1.50. The summed E-state index contributed by atoms with van der Waals surface area (Å²) in [6.45, 7) is 1.86. The number of halogens is 3. The number of anilines is 2. The van der Waals surface area contributed by atoms with Crippen molar-refractivity contribution in [2.24, 2.45) is 5.92 Å². The van der Waals surface area contributed by atoms with Crippen molar-refractivity contribution in [1.29, 1.82) is 0 Å². The van der Waals surface area contributed by atoms with Crippen LogP contribution in [0.2, 0.25) is 0 Å². The van der Waals surface area contributed by atoms with E-state index in [1.807, 2.05) is 0 Å². The summed E-state index contributed by atoms with van der Waals surface area (Å²) in [6.07, 6.45) is -4.57. The molecule has 1 aromatic carbocycles. The average molecular weight is 332 g/mol. The van der Waals surface area contributed by atoms with Gasteiger partial charge in [-0.15, -0.1) is 0 Å². The molecule has 0 saturated carbocycles. The van der Waals surface area contributed by atoms with Crippen molar-refractivity contribution in [3.8, 4) is 0 Å². The average Bonchev–Trinajstić information content (AvgIpc) is 2.44. The zero-order chi connectivity index (χ0) is 17.5. The van der Waals surface area contributed by atoms with Gasteiger partial charge in [0.15, 0.2) is 0 Å². The number of alkyl halides is 3. The molecule has 0 fully saturated rings. The molecule has 0 aliphatic rings. The summed E-state index contributed by atoms with van der Waals surface area (Å²) in [5.74, 6) is -0.721. The summed E-state index contributed by atoms with van der Waals surface area (Å²) in [5.41, 5.74) is 1.07. The summed E-state index contributed by atoms with van der Waals surface area (Å²) < 4.78 is 39.9. The van der Waals surface area contributed by atoms with E-state index in [1.54, 1.807) is 38.1 Å². The van der Waals surface area contributed by atoms with Crippen molar-refractivity contribution in [1.82, 2.24) is 0 Å². The van der Waals surface area contributed by atoms with E-state index in [-0.39, 0.29) is 24.9 Å². The van der Waals surface area contributed by atoms with Crippen LogP contribution < -0.4 is 10.6 Å². The molecule has 0 unspecified atom stereocenters. The third kappa shape index (κ3) is 8.20. The molecule has 0 spiro atoms. The first kappa shape index (κ1) is 19.0. The molecule has 0 aliphatic carbocycles. The molecule has 1 aromatic rings. The fraction of sp³-hybridized carbons (Fsp3) is 0.467. The lowest BCUT2D eigenvalue weighted by Gasteiger charge is -2.10. The summed E-state index contributed by atoms with van der Waals surface area (Å²) in [5, 5.41) is 5.23. The molecule has 0 aliphatic heterocycles. The molecular formula is C15H19F3N2O3. The van der Waals surface area contributed by atoms with Gasteiger partial charge in [-0.25, -0.2) is 0 Å². The Morgan fingerprint density at radius 2 is 1.61 bits per heavy atom. The maximum absolute atomic E-state index is 11.8. The molecular weight excluding hydrogens is 313 g/mol. The van der Waals surface area contributed by atoms with Crippen LogP contribution in [-0.4, -0.2) is 31.2 Å². The van der Waals surface area contributed by atoms with Gasteiger partial charge in [0.25, 0.3) is 0 Å². The van der Waals surface area contributed by atoms with Crippen LogP contribution in [0.5, 0.6) is 0 Å². The molecule has 128 valence electrons. The first-order valence-electron chi connectivity index (χ1n) is 7.02. The molecule has 0 aromatic heterocycles. The Morgan fingerprint density at radius 1 is 1.09 bits per heavy atom. The van der Waals surface area contributed by atoms with E-state index in [0.717, 1.165) is 0 Å². The van der Waals surface area contributed by atoms with Gasteiger partial charge in [-0.1, -0.05) is 13.8 Å². The number of ether oxygens (including phenoxy) is 1. The highest BCUT2D eigenvalue weighted by Crippen LogP contribution is 2.16. The number of carbonyl (C=O) groups is 2. The van der Waals surface area contributed by atoms with Crippen molar-refractivity contribution in [2.75, 3.05) is 23.8 Å². The normalized spacial score (nSPS) is 11.4. The second-order valence-corrected chi connectivity index (χ2v) is 5.19. The van der Waals surface area contributed by atoms with Gasteiger partial charge >= 0.3 is 6.18 Å². The van der Waals surface area contributed by atoms with Crippen molar-refractivity contribution < 1.29 is 27.5 Å². The Bertz CT molecular complexity index is 528. The van der Waals surface area contributed by atoms with Gasteiger partial charge < -0.3 is 15.4 Å². The van der Waals surface area contributed by atoms with Crippen LogP contribution >= 0.6 is 0 Å². The van der Waals surface area contributed by atoms with E-state index in [4.69, 9.17) is 0 Å². The molecule has 1 rings (SSSR count). The van der Waals surface area contributed by atoms with Gasteiger partial charge in [0, 0.05) is 17.3 Å². The largest absolute Gasteiger partial charge is 0.411 e. The van der Waals surface area contributed by atoms with Crippen LogP contribution in [0.25, 0.3) is 0 Å². The maximum Gasteiger partial charge on any atom is 0.411 e. The van der Waals surface area contributed by atoms with E-state index >= 15 is 0 Å². The van der Waals surface area contributed by atoms with E-state index < -0.39 is 18.7 Å². The van der Waals surface area contributed by atoms with Crippen LogP contribution in [-0.2, 0) is 14.3 Å². The fourth-order valence-electron chi connectivity index (χ4n) is 1.50. The van der Waals surface area contributed by atoms with Crippen molar-refractivity contribution in [3.05, 3.63) is 24.3 Å². The predicted octanol–water partition coefficient (Wildman–Crippen LogP) is 3.19. The lowest BCUT2D eigenvalue weighted by atomic mass is 10.2. The number of carbonyl (C=O) groups excluding carboxylic acids is 2. The topological polar surface area (TPSA) is 67.4 Å². The van der Waals surface area contributed by atoms with Crippen LogP contribution in [0.3, 0.4) is 0 Å². The number of amides is 2. The second-order valence-electron chi connectivity index (χ2n) is 5.19. The molecule has 2 amide bonds. The van der Waals surface area contributed by atoms with E-state index in [9.17, 15) is 22.8 Å². The molecule has 8 heteroatoms. The summed E-state index contributed by atoms with van der Waals surface area (Å²) in [4.78, 5) is 23.1. The monoisotopic (exact) mass is 332 g/mol. The third-order valence-electron chi connectivity index (χ3n) is 2.70. The van der Waals surface area contributed by atoms with Gasteiger partial charge in [-0.2, -0.15) is 13.2 Å². The minimum absolute atomic E-state index is 0.122. The quantitative estimate of drug-likeness (QED) is 0.754. The minimum atomic E-state index is -4.40. The second kappa shape index (κ2) is 8.52. The van der Waals surface area contributed by atoms with Gasteiger partial charge in [0.2, 0.25) is 11.8 Å². The number of nitrogens with one attached hydrogen (secondary N) is 2. The van der Waals surface area contributed by atoms with Crippen LogP contribution in [0.15, 0.2) is 24.3 Å². The Balaban J connectivity index is 2.37. The van der Waals surface area contributed by atoms with Crippen LogP contribution in [0, 0.1) is 5.92 Å². The smallest absolute Gasteiger partial charge is 0.372 e. The minimum Gasteiger partial charge on any atom is -0.372 e. The summed E-state index contributed by atoms with van der Waals surface area (Å²) >= 11 is 0. The number of hydrogen-bond acceptors (Lipinski definition) is 3. The van der Waals surface area contributed by atoms with Crippen molar-refractivity contribution in [2.45, 2.75) is 26.4 Å². The first-order valence-corrected chi connectivity index (χ1v) is 7.02. The zero-order valence-electron chi connectivity index (χ0n) is 12.9. The lowest BCUT2D eigenvalue weighted by Crippen LogP contribution is -2.20. The number of benzene rings is 1. The molecule has 0 bridgehead atoms. The molecule has 2 N–H and O–H groups in total. The molecule has 0 radical (unpaired) electrons. The SMILES string of the molecule is CC(C)C(=O)Nc1ccc(NC(=O)CCOCC(F)(F)F)cc1. The van der Waals surface area contributed by atoms with Crippen molar-refractivity contribution in [3.63, 3.8) is 0 Å². The van der Waals surface area contributed by atoms with E-state index in [2.05, 4.69) is 15.4 Å². The predicted molar refractivity (Wildman–Crippen MR) is 80.0 cm³/mol. The van der Waals surface area contributed by atoms with Crippen molar-refractivity contribution >= 4 is 23.2 Å². The molecule has 0 saturated heterocycles. The Morgan fingerprint density at radius 3 is 2.09 bits per heavy atom. The Kier molecular flexibility index (Phi) is 7.02. The summed E-state index contributed by atoms with van der Waals surface area (Å²) in [7, 11) is 0.